The standard InChI is InChI=1S/C94H80N6/c1-8-67-28-48-81(49-29-67)99(82-50-30-68(9-2)31-51-82)85-56-44-77(45-57-85)87(62-95)93-88-89(92(97(93)63-71-22-18-20-65(5)60-71)80-42-38-76(39-43-80)74-26-16-13-17-27-74)94(98(64-72-23-19-21-66(6)61-72)91(88)79-40-36-75(37-41-79)73-24-14-12-15-25-73)90(96-7)78-46-58-86(59-47-78)100(83-52-32-69(10-3)33-53-83)84-54-34-70(11-4)35-55-84/h12-61H,8-11,63-64H2,1-6H3/b93-87-,94-90+. The average molecular weight is 1290 g/mol. The van der Waals surface area contributed by atoms with Gasteiger partial charge < -0.3 is 18.9 Å². The molecule has 0 unspecified atom stereocenters. The Bertz CT molecular complexity index is 4980. The van der Waals surface area contributed by atoms with Crippen LogP contribution in [0.15, 0.2) is 303 Å². The molecule has 0 bridgehead atoms. The lowest BCUT2D eigenvalue weighted by Crippen LogP contribution is -2.25. The maximum Gasteiger partial charge on any atom is 0.217 e. The zero-order valence-electron chi connectivity index (χ0n) is 57.8. The molecule has 0 saturated heterocycles. The highest BCUT2D eigenvalue weighted by Crippen LogP contribution is 2.42. The fourth-order valence-electron chi connectivity index (χ4n) is 14.2. The van der Waals surface area contributed by atoms with E-state index in [0.717, 1.165) is 159 Å². The fourth-order valence-corrected chi connectivity index (χ4v) is 14.2. The van der Waals surface area contributed by atoms with E-state index < -0.39 is 0 Å². The number of nitriles is 1. The molecule has 0 saturated carbocycles. The van der Waals surface area contributed by atoms with Crippen molar-refractivity contribution in [1.29, 1.82) is 5.26 Å². The number of aromatic nitrogens is 2. The van der Waals surface area contributed by atoms with Gasteiger partial charge in [0.05, 0.1) is 34.2 Å². The van der Waals surface area contributed by atoms with Crippen LogP contribution in [0.3, 0.4) is 0 Å². The van der Waals surface area contributed by atoms with Crippen LogP contribution in [0, 0.1) is 31.8 Å². The minimum absolute atomic E-state index is 0.417. The van der Waals surface area contributed by atoms with Crippen LogP contribution in [0.2, 0.25) is 0 Å². The summed E-state index contributed by atoms with van der Waals surface area (Å²) in [6, 6.07) is 112. The SMILES string of the molecule is [C-]#[N+]/C(c1ccc(N(c2ccc(CC)cc2)c2ccc(CC)cc2)cc1)=c1\c2c(-c3ccc(-c4ccccc4)cc3)n(Cc3cccc(C)c3)/c(=C(/C#N)c3ccc(N(c4ccc(CC)cc4)c4ccc(CC)cc4)cc3)c2c(-c2ccc(-c3ccccc3)cc2)n1Cc1cccc(C)c1. The number of aryl methyl sites for hydroxylation is 6. The van der Waals surface area contributed by atoms with Crippen molar-refractivity contribution >= 4 is 56.2 Å². The Balaban J connectivity index is 1.12. The van der Waals surface area contributed by atoms with Gasteiger partial charge in [-0.05, 0) is 190 Å². The van der Waals surface area contributed by atoms with Gasteiger partial charge in [-0.2, -0.15) is 5.26 Å². The van der Waals surface area contributed by atoms with E-state index in [0.29, 0.717) is 24.4 Å². The lowest BCUT2D eigenvalue weighted by Gasteiger charge is -2.26. The molecule has 14 rings (SSSR count). The molecule has 0 aliphatic carbocycles. The number of fused-ring (bicyclic) bond motifs is 1. The fraction of sp³-hybridized carbons (Fsp3) is 0.128. The number of nitrogens with zero attached hydrogens (tertiary/aromatic N) is 6. The highest BCUT2D eigenvalue weighted by atomic mass is 15.1. The van der Waals surface area contributed by atoms with E-state index in [1.165, 1.54) is 22.3 Å². The number of anilines is 6. The van der Waals surface area contributed by atoms with E-state index in [2.05, 4.69) is 370 Å². The van der Waals surface area contributed by atoms with Crippen LogP contribution in [0.4, 0.5) is 34.1 Å². The Morgan fingerprint density at radius 1 is 0.340 bits per heavy atom. The molecule has 0 atom stereocenters. The zero-order chi connectivity index (χ0) is 68.6. The molecule has 0 spiro atoms. The lowest BCUT2D eigenvalue weighted by molar-refractivity contribution is 0.773. The summed E-state index contributed by atoms with van der Waals surface area (Å²) >= 11 is 0. The monoisotopic (exact) mass is 1290 g/mol. The van der Waals surface area contributed by atoms with Crippen molar-refractivity contribution in [2.24, 2.45) is 0 Å². The van der Waals surface area contributed by atoms with Crippen LogP contribution >= 0.6 is 0 Å². The summed E-state index contributed by atoms with van der Waals surface area (Å²) in [5.41, 5.74) is 26.3. The van der Waals surface area contributed by atoms with Crippen LogP contribution < -0.4 is 20.5 Å². The van der Waals surface area contributed by atoms with E-state index in [4.69, 9.17) is 4.85 Å². The lowest BCUT2D eigenvalue weighted by atomic mass is 9.99. The van der Waals surface area contributed by atoms with Gasteiger partial charge in [0.25, 0.3) is 0 Å². The minimum Gasteiger partial charge on any atom is -0.345 e. The molecule has 2 heterocycles. The molecule has 100 heavy (non-hydrogen) atoms. The summed E-state index contributed by atoms with van der Waals surface area (Å²) in [6.45, 7) is 23.7. The Kier molecular flexibility index (Phi) is 19.0. The van der Waals surface area contributed by atoms with Crippen LogP contribution in [0.5, 0.6) is 0 Å². The van der Waals surface area contributed by atoms with Gasteiger partial charge in [-0.3, -0.25) is 0 Å². The van der Waals surface area contributed by atoms with E-state index in [1.54, 1.807) is 0 Å². The van der Waals surface area contributed by atoms with E-state index in [9.17, 15) is 11.8 Å². The van der Waals surface area contributed by atoms with Crippen molar-refractivity contribution in [2.45, 2.75) is 80.3 Å². The topological polar surface area (TPSA) is 44.5 Å². The Morgan fingerprint density at radius 2 is 0.650 bits per heavy atom. The van der Waals surface area contributed by atoms with Crippen molar-refractivity contribution in [3.8, 4) is 50.8 Å². The van der Waals surface area contributed by atoms with Crippen molar-refractivity contribution in [3.63, 3.8) is 0 Å². The van der Waals surface area contributed by atoms with Crippen LogP contribution in [-0.2, 0) is 38.8 Å². The Labute approximate surface area is 589 Å². The second kappa shape index (κ2) is 29.2. The van der Waals surface area contributed by atoms with E-state index in [1.807, 2.05) is 0 Å². The zero-order valence-corrected chi connectivity index (χ0v) is 57.8. The van der Waals surface area contributed by atoms with Crippen molar-refractivity contribution < 1.29 is 0 Å². The van der Waals surface area contributed by atoms with Gasteiger partial charge in [0.15, 0.2) is 0 Å². The minimum atomic E-state index is 0.417. The molecule has 0 radical (unpaired) electrons. The second-order valence-corrected chi connectivity index (χ2v) is 26.0. The largest absolute Gasteiger partial charge is 0.345 e. The predicted octanol–water partition coefficient (Wildman–Crippen LogP) is 22.8. The molecule has 6 heteroatoms. The molecule has 0 N–H and O–H groups in total. The number of hydrogen-bond donors (Lipinski definition) is 0. The van der Waals surface area contributed by atoms with Gasteiger partial charge in [-0.25, -0.2) is 4.85 Å². The maximum absolute atomic E-state index is 12.5. The van der Waals surface area contributed by atoms with Crippen molar-refractivity contribution in [3.05, 3.63) is 381 Å². The smallest absolute Gasteiger partial charge is 0.217 e. The maximum atomic E-state index is 12.5. The first-order valence-corrected chi connectivity index (χ1v) is 35.0. The summed E-state index contributed by atoms with van der Waals surface area (Å²) in [4.78, 5) is 9.39. The van der Waals surface area contributed by atoms with Crippen LogP contribution in [0.25, 0.3) is 71.7 Å². The first-order chi connectivity index (χ1) is 49.1. The molecule has 14 aromatic rings. The van der Waals surface area contributed by atoms with E-state index in [-0.39, 0.29) is 0 Å². The summed E-state index contributed by atoms with van der Waals surface area (Å²) in [5.74, 6) is 0. The summed E-state index contributed by atoms with van der Waals surface area (Å²) in [7, 11) is 0. The first-order valence-electron chi connectivity index (χ1n) is 35.0. The summed E-state index contributed by atoms with van der Waals surface area (Å²) in [6.07, 6.45) is 3.77. The molecular formula is C94H80N6. The normalized spacial score (nSPS) is 11.8. The second-order valence-electron chi connectivity index (χ2n) is 26.0. The van der Waals surface area contributed by atoms with Gasteiger partial charge in [0.1, 0.15) is 6.07 Å². The van der Waals surface area contributed by atoms with Crippen LogP contribution in [0.1, 0.15) is 83.3 Å². The first kappa shape index (κ1) is 65.1. The van der Waals surface area contributed by atoms with Gasteiger partial charge in [-0.1, -0.05) is 269 Å². The van der Waals surface area contributed by atoms with Gasteiger partial charge >= 0.3 is 0 Å². The summed E-state index contributed by atoms with van der Waals surface area (Å²) in [5, 5.41) is 15.8. The molecule has 0 aliphatic rings. The third-order valence-corrected chi connectivity index (χ3v) is 19.6. The molecule has 12 aromatic carbocycles. The molecule has 2 aromatic heterocycles. The number of rotatable bonds is 20. The van der Waals surface area contributed by atoms with Crippen LogP contribution in [-0.4, -0.2) is 9.13 Å². The third kappa shape index (κ3) is 13.2. The quantitative estimate of drug-likeness (QED) is 0.0715. The predicted molar refractivity (Wildman–Crippen MR) is 418 cm³/mol. The van der Waals surface area contributed by atoms with Crippen molar-refractivity contribution in [1.82, 2.24) is 9.13 Å². The molecule has 6 nitrogen and oxygen atoms in total. The summed E-state index contributed by atoms with van der Waals surface area (Å²) < 4.78 is 4.81. The molecule has 0 amide bonds. The highest BCUT2D eigenvalue weighted by molar-refractivity contribution is 6.09. The van der Waals surface area contributed by atoms with Gasteiger partial charge in [0.2, 0.25) is 5.70 Å². The van der Waals surface area contributed by atoms with Crippen molar-refractivity contribution in [2.75, 3.05) is 9.80 Å². The number of benzene rings is 12. The molecule has 0 fully saturated rings. The van der Waals surface area contributed by atoms with E-state index >= 15 is 0 Å². The molecule has 0 aliphatic heterocycles. The Morgan fingerprint density at radius 3 is 0.980 bits per heavy atom. The average Bonchev–Trinajstić information content (AvgIpc) is 1.53. The van der Waals surface area contributed by atoms with Gasteiger partial charge in [-0.15, -0.1) is 0 Å². The third-order valence-electron chi connectivity index (χ3n) is 19.6. The van der Waals surface area contributed by atoms with Gasteiger partial charge in [0, 0.05) is 58.0 Å². The highest BCUT2D eigenvalue weighted by Gasteiger charge is 2.30. The molecular weight excluding hydrogens is 1210 g/mol. The Hall–Kier alpha value is -12.2. The molecule has 486 valence electrons. The number of hydrogen-bond acceptors (Lipinski definition) is 3.